The second-order valence-corrected chi connectivity index (χ2v) is 6.47. The molecule has 0 atom stereocenters. The third-order valence-corrected chi connectivity index (χ3v) is 4.33. The number of hydrogen-bond acceptors (Lipinski definition) is 6. The van der Waals surface area contributed by atoms with Crippen LogP contribution in [-0.4, -0.2) is 17.6 Å². The summed E-state index contributed by atoms with van der Waals surface area (Å²) in [4.78, 5) is 16.4. The topological polar surface area (TPSA) is 60.5 Å². The van der Waals surface area contributed by atoms with E-state index in [1.807, 2.05) is 31.2 Å². The summed E-state index contributed by atoms with van der Waals surface area (Å²) in [5.41, 5.74) is 2.94. The molecule has 0 aliphatic heterocycles. The fourth-order valence-electron chi connectivity index (χ4n) is 2.19. The average Bonchev–Trinajstić information content (AvgIpc) is 3.09. The molecule has 1 heterocycles. The number of nitrogens with one attached hydrogen (secondary N) is 1. The van der Waals surface area contributed by atoms with Gasteiger partial charge in [-0.15, -0.1) is 11.3 Å². The van der Waals surface area contributed by atoms with E-state index in [0.717, 1.165) is 5.69 Å². The van der Waals surface area contributed by atoms with Gasteiger partial charge < -0.3 is 14.8 Å². The van der Waals surface area contributed by atoms with E-state index >= 15 is 0 Å². The van der Waals surface area contributed by atoms with Crippen LogP contribution in [0.15, 0.2) is 53.9 Å². The molecule has 3 aromatic rings. The number of nitrogens with zero attached hydrogens (tertiary/aromatic N) is 1. The molecule has 0 amide bonds. The number of hydrogen-bond donors (Lipinski definition) is 1. The molecule has 27 heavy (non-hydrogen) atoms. The van der Waals surface area contributed by atoms with Gasteiger partial charge in [0.2, 0.25) is 0 Å². The van der Waals surface area contributed by atoms with Gasteiger partial charge in [0.1, 0.15) is 12.4 Å². The normalized spacial score (nSPS) is 10.7. The first kappa shape index (κ1) is 18.8. The van der Waals surface area contributed by atoms with Gasteiger partial charge in [-0.2, -0.15) is 8.78 Å². The number of thiazole rings is 1. The number of aryl methyl sites for hydroxylation is 1. The number of esters is 1. The van der Waals surface area contributed by atoms with E-state index in [0.29, 0.717) is 10.8 Å². The Morgan fingerprint density at radius 1 is 1.15 bits per heavy atom. The van der Waals surface area contributed by atoms with Crippen molar-refractivity contribution in [2.24, 2.45) is 0 Å². The Morgan fingerprint density at radius 2 is 1.85 bits per heavy atom. The summed E-state index contributed by atoms with van der Waals surface area (Å²) >= 11 is 1.40. The Bertz CT molecular complexity index is 896. The van der Waals surface area contributed by atoms with Gasteiger partial charge in [-0.05, 0) is 43.3 Å². The largest absolute Gasteiger partial charge is 0.456 e. The highest BCUT2D eigenvalue weighted by Crippen LogP contribution is 2.22. The van der Waals surface area contributed by atoms with Gasteiger partial charge in [-0.3, -0.25) is 0 Å². The van der Waals surface area contributed by atoms with Crippen LogP contribution in [0.4, 0.5) is 19.6 Å². The summed E-state index contributed by atoms with van der Waals surface area (Å²) < 4.78 is 33.7. The van der Waals surface area contributed by atoms with Gasteiger partial charge in [0, 0.05) is 11.1 Å². The van der Waals surface area contributed by atoms with Crippen molar-refractivity contribution in [2.75, 3.05) is 5.32 Å². The van der Waals surface area contributed by atoms with Crippen LogP contribution >= 0.6 is 11.3 Å². The molecule has 0 aliphatic rings. The van der Waals surface area contributed by atoms with Crippen LogP contribution in [0.1, 0.15) is 21.6 Å². The number of carbonyl (C=O) groups is 1. The number of anilines is 2. The summed E-state index contributed by atoms with van der Waals surface area (Å²) in [6.07, 6.45) is 0. The van der Waals surface area contributed by atoms with Crippen LogP contribution in [0.5, 0.6) is 5.75 Å². The zero-order valence-corrected chi connectivity index (χ0v) is 15.1. The van der Waals surface area contributed by atoms with Crippen LogP contribution in [0.3, 0.4) is 0 Å². The van der Waals surface area contributed by atoms with Crippen LogP contribution in [0.2, 0.25) is 0 Å². The molecule has 0 radical (unpaired) electrons. The zero-order valence-electron chi connectivity index (χ0n) is 14.3. The summed E-state index contributed by atoms with van der Waals surface area (Å²) in [6, 6.07) is 13.2. The van der Waals surface area contributed by atoms with Crippen LogP contribution in [-0.2, 0) is 11.3 Å². The van der Waals surface area contributed by atoms with E-state index in [2.05, 4.69) is 15.0 Å². The van der Waals surface area contributed by atoms with E-state index in [1.165, 1.54) is 41.2 Å². The maximum absolute atomic E-state index is 12.1. The van der Waals surface area contributed by atoms with Gasteiger partial charge in [0.25, 0.3) is 0 Å². The van der Waals surface area contributed by atoms with Crippen molar-refractivity contribution in [3.63, 3.8) is 0 Å². The molecule has 8 heteroatoms. The standard InChI is InChI=1S/C19H16F2N2O3S/c1-12-2-6-14(7-3-12)22-19-23-15(11-27-19)10-25-17(24)13-4-8-16(9-5-13)26-18(20)21/h2-9,11,18H,10H2,1H3,(H,22,23). The SMILES string of the molecule is Cc1ccc(Nc2nc(COC(=O)c3ccc(OC(F)F)cc3)cs2)cc1. The number of benzene rings is 2. The molecule has 2 aromatic carbocycles. The highest BCUT2D eigenvalue weighted by atomic mass is 32.1. The van der Waals surface area contributed by atoms with Gasteiger partial charge in [-0.1, -0.05) is 17.7 Å². The van der Waals surface area contributed by atoms with E-state index < -0.39 is 12.6 Å². The van der Waals surface area contributed by atoms with Crippen LogP contribution < -0.4 is 10.1 Å². The first-order valence-corrected chi connectivity index (χ1v) is 8.87. The molecule has 0 unspecified atom stereocenters. The third kappa shape index (κ3) is 5.49. The average molecular weight is 390 g/mol. The highest BCUT2D eigenvalue weighted by Gasteiger charge is 2.11. The van der Waals surface area contributed by atoms with Gasteiger partial charge in [0.15, 0.2) is 5.13 Å². The molecule has 1 aromatic heterocycles. The van der Waals surface area contributed by atoms with E-state index in [1.54, 1.807) is 5.38 Å². The number of carbonyl (C=O) groups excluding carboxylic acids is 1. The number of rotatable bonds is 7. The maximum Gasteiger partial charge on any atom is 0.387 e. The predicted molar refractivity (Wildman–Crippen MR) is 98.8 cm³/mol. The van der Waals surface area contributed by atoms with Crippen molar-refractivity contribution in [1.82, 2.24) is 4.98 Å². The van der Waals surface area contributed by atoms with Crippen molar-refractivity contribution in [2.45, 2.75) is 20.1 Å². The molecule has 3 rings (SSSR count). The van der Waals surface area contributed by atoms with Crippen molar-refractivity contribution < 1.29 is 23.0 Å². The summed E-state index contributed by atoms with van der Waals surface area (Å²) in [6.45, 7) is -0.880. The van der Waals surface area contributed by atoms with Crippen molar-refractivity contribution in [1.29, 1.82) is 0 Å². The third-order valence-electron chi connectivity index (χ3n) is 3.52. The number of ether oxygens (including phenoxy) is 2. The maximum atomic E-state index is 12.1. The minimum atomic E-state index is -2.91. The molecule has 0 bridgehead atoms. The minimum Gasteiger partial charge on any atom is -0.456 e. The second-order valence-electron chi connectivity index (χ2n) is 5.61. The lowest BCUT2D eigenvalue weighted by molar-refractivity contribution is -0.0498. The molecule has 0 fully saturated rings. The monoisotopic (exact) mass is 390 g/mol. The molecule has 0 aliphatic carbocycles. The summed E-state index contributed by atoms with van der Waals surface area (Å²) in [7, 11) is 0. The van der Waals surface area contributed by atoms with Crippen molar-refractivity contribution in [3.8, 4) is 5.75 Å². The predicted octanol–water partition coefficient (Wildman–Crippen LogP) is 5.15. The number of aromatic nitrogens is 1. The van der Waals surface area contributed by atoms with E-state index in [4.69, 9.17) is 4.74 Å². The lowest BCUT2D eigenvalue weighted by Crippen LogP contribution is -2.06. The lowest BCUT2D eigenvalue weighted by atomic mass is 10.2. The molecule has 140 valence electrons. The van der Waals surface area contributed by atoms with Crippen molar-refractivity contribution >= 4 is 28.1 Å². The minimum absolute atomic E-state index is 0.0141. The Labute approximate surface area is 158 Å². The van der Waals surface area contributed by atoms with Crippen molar-refractivity contribution in [3.05, 3.63) is 70.7 Å². The molecule has 5 nitrogen and oxygen atoms in total. The lowest BCUT2D eigenvalue weighted by Gasteiger charge is -2.06. The van der Waals surface area contributed by atoms with E-state index in [9.17, 15) is 13.6 Å². The molecule has 0 spiro atoms. The number of alkyl halides is 2. The molecule has 0 saturated heterocycles. The Balaban J connectivity index is 1.53. The van der Waals surface area contributed by atoms with Gasteiger partial charge in [0.05, 0.1) is 11.3 Å². The second kappa shape index (κ2) is 8.59. The Kier molecular flexibility index (Phi) is 5.97. The smallest absolute Gasteiger partial charge is 0.387 e. The summed E-state index contributed by atoms with van der Waals surface area (Å²) in [5, 5.41) is 5.67. The Hall–Kier alpha value is -3.00. The molecule has 1 N–H and O–H groups in total. The van der Waals surface area contributed by atoms with Gasteiger partial charge in [-0.25, -0.2) is 9.78 Å². The first-order chi connectivity index (χ1) is 13.0. The quantitative estimate of drug-likeness (QED) is 0.565. The zero-order chi connectivity index (χ0) is 19.2. The fourth-order valence-corrected chi connectivity index (χ4v) is 2.90. The van der Waals surface area contributed by atoms with Crippen LogP contribution in [0.25, 0.3) is 0 Å². The van der Waals surface area contributed by atoms with E-state index in [-0.39, 0.29) is 17.9 Å². The Morgan fingerprint density at radius 3 is 2.52 bits per heavy atom. The van der Waals surface area contributed by atoms with Crippen LogP contribution in [0, 0.1) is 6.92 Å². The molecular weight excluding hydrogens is 374 g/mol. The summed E-state index contributed by atoms with van der Waals surface area (Å²) in [5.74, 6) is -0.590. The molecule has 0 saturated carbocycles. The first-order valence-electron chi connectivity index (χ1n) is 8.00. The van der Waals surface area contributed by atoms with Gasteiger partial charge >= 0.3 is 12.6 Å². The fraction of sp³-hybridized carbons (Fsp3) is 0.158. The highest BCUT2D eigenvalue weighted by molar-refractivity contribution is 7.13. The molecular formula is C19H16F2N2O3S. The number of halogens is 2.